The van der Waals surface area contributed by atoms with Gasteiger partial charge in [0, 0.05) is 31.5 Å². The molecular formula is C23H24N4O. The van der Waals surface area contributed by atoms with Gasteiger partial charge < -0.3 is 9.80 Å². The Balaban J connectivity index is 1.59. The molecule has 5 nitrogen and oxygen atoms in total. The van der Waals surface area contributed by atoms with E-state index < -0.39 is 0 Å². The third-order valence-corrected chi connectivity index (χ3v) is 5.15. The summed E-state index contributed by atoms with van der Waals surface area (Å²) in [6.45, 7) is 6.18. The SMILES string of the molecule is CCN(c1cccc(C)c1)c1nccc(C(=O)N2CCc3ccccc3C2)n1. The number of carbonyl (C=O) groups is 1. The minimum absolute atomic E-state index is 0.0431. The highest BCUT2D eigenvalue weighted by Crippen LogP contribution is 2.24. The summed E-state index contributed by atoms with van der Waals surface area (Å²) >= 11 is 0. The van der Waals surface area contributed by atoms with Crippen LogP contribution in [0.1, 0.15) is 34.1 Å². The van der Waals surface area contributed by atoms with Crippen LogP contribution in [0.2, 0.25) is 0 Å². The highest BCUT2D eigenvalue weighted by molar-refractivity contribution is 5.92. The highest BCUT2D eigenvalue weighted by atomic mass is 16.2. The quantitative estimate of drug-likeness (QED) is 0.691. The zero-order valence-corrected chi connectivity index (χ0v) is 16.3. The second-order valence-corrected chi connectivity index (χ2v) is 7.07. The third-order valence-electron chi connectivity index (χ3n) is 5.15. The molecule has 0 saturated carbocycles. The molecule has 3 aromatic rings. The number of aromatic nitrogens is 2. The van der Waals surface area contributed by atoms with Crippen molar-refractivity contribution >= 4 is 17.5 Å². The number of amides is 1. The standard InChI is InChI=1S/C23H24N4O/c1-3-27(20-10-6-7-17(2)15-20)23-24-13-11-21(25-23)22(28)26-14-12-18-8-4-5-9-19(18)16-26/h4-11,13,15H,3,12,14,16H2,1-2H3. The molecule has 142 valence electrons. The van der Waals surface area contributed by atoms with Crippen LogP contribution in [0.3, 0.4) is 0 Å². The van der Waals surface area contributed by atoms with Crippen LogP contribution in [0.25, 0.3) is 0 Å². The summed E-state index contributed by atoms with van der Waals surface area (Å²) in [6, 6.07) is 18.2. The molecule has 1 amide bonds. The van der Waals surface area contributed by atoms with Gasteiger partial charge in [-0.15, -0.1) is 0 Å². The molecule has 0 aliphatic carbocycles. The first-order chi connectivity index (χ1) is 13.7. The van der Waals surface area contributed by atoms with Crippen LogP contribution >= 0.6 is 0 Å². The van der Waals surface area contributed by atoms with E-state index in [1.807, 2.05) is 28.0 Å². The Labute approximate surface area is 165 Å². The van der Waals surface area contributed by atoms with E-state index in [2.05, 4.69) is 54.1 Å². The lowest BCUT2D eigenvalue weighted by Crippen LogP contribution is -2.36. The summed E-state index contributed by atoms with van der Waals surface area (Å²) in [6.07, 6.45) is 2.55. The number of hydrogen-bond donors (Lipinski definition) is 0. The summed E-state index contributed by atoms with van der Waals surface area (Å²) < 4.78 is 0. The van der Waals surface area contributed by atoms with Crippen LogP contribution in [-0.2, 0) is 13.0 Å². The molecule has 0 N–H and O–H groups in total. The maximum Gasteiger partial charge on any atom is 0.272 e. The molecule has 2 heterocycles. The van der Waals surface area contributed by atoms with Crippen molar-refractivity contribution in [1.29, 1.82) is 0 Å². The second kappa shape index (κ2) is 7.80. The normalized spacial score (nSPS) is 13.1. The summed E-state index contributed by atoms with van der Waals surface area (Å²) in [5.74, 6) is 0.509. The van der Waals surface area contributed by atoms with Crippen LogP contribution in [-0.4, -0.2) is 33.9 Å². The lowest BCUT2D eigenvalue weighted by Gasteiger charge is -2.29. The molecule has 5 heteroatoms. The van der Waals surface area contributed by atoms with E-state index in [0.717, 1.165) is 18.7 Å². The predicted octanol–water partition coefficient (Wildman–Crippen LogP) is 4.14. The van der Waals surface area contributed by atoms with E-state index in [9.17, 15) is 4.79 Å². The smallest absolute Gasteiger partial charge is 0.272 e. The molecule has 4 rings (SSSR count). The largest absolute Gasteiger partial charge is 0.333 e. The lowest BCUT2D eigenvalue weighted by atomic mass is 10.00. The van der Waals surface area contributed by atoms with Gasteiger partial charge >= 0.3 is 0 Å². The number of fused-ring (bicyclic) bond motifs is 1. The molecule has 1 aromatic heterocycles. The number of anilines is 2. The summed E-state index contributed by atoms with van der Waals surface area (Å²) in [4.78, 5) is 26.0. The minimum Gasteiger partial charge on any atom is -0.333 e. The van der Waals surface area contributed by atoms with Gasteiger partial charge in [-0.1, -0.05) is 36.4 Å². The van der Waals surface area contributed by atoms with Crippen molar-refractivity contribution in [3.63, 3.8) is 0 Å². The van der Waals surface area contributed by atoms with E-state index in [1.54, 1.807) is 12.3 Å². The van der Waals surface area contributed by atoms with Gasteiger partial charge in [0.1, 0.15) is 5.69 Å². The van der Waals surface area contributed by atoms with Crippen LogP contribution in [0.15, 0.2) is 60.8 Å². The van der Waals surface area contributed by atoms with Gasteiger partial charge in [0.2, 0.25) is 5.95 Å². The second-order valence-electron chi connectivity index (χ2n) is 7.07. The fourth-order valence-electron chi connectivity index (χ4n) is 3.66. The first-order valence-corrected chi connectivity index (χ1v) is 9.69. The molecule has 0 saturated heterocycles. The number of carbonyl (C=O) groups excluding carboxylic acids is 1. The Morgan fingerprint density at radius 1 is 1.11 bits per heavy atom. The average molecular weight is 372 g/mol. The topological polar surface area (TPSA) is 49.3 Å². The van der Waals surface area contributed by atoms with Crippen molar-refractivity contribution in [2.75, 3.05) is 18.0 Å². The lowest BCUT2D eigenvalue weighted by molar-refractivity contribution is 0.0728. The summed E-state index contributed by atoms with van der Waals surface area (Å²) in [5, 5.41) is 0. The van der Waals surface area contributed by atoms with Gasteiger partial charge in [-0.2, -0.15) is 0 Å². The molecule has 0 atom stereocenters. The van der Waals surface area contributed by atoms with Crippen molar-refractivity contribution in [3.05, 3.63) is 83.2 Å². The predicted molar refractivity (Wildman–Crippen MR) is 111 cm³/mol. The maximum absolute atomic E-state index is 13.1. The van der Waals surface area contributed by atoms with Crippen LogP contribution in [0, 0.1) is 6.92 Å². The average Bonchev–Trinajstić information content (AvgIpc) is 2.74. The van der Waals surface area contributed by atoms with Gasteiger partial charge in [0.25, 0.3) is 5.91 Å². The van der Waals surface area contributed by atoms with Gasteiger partial charge in [0.15, 0.2) is 0 Å². The Hall–Kier alpha value is -3.21. The van der Waals surface area contributed by atoms with Crippen molar-refractivity contribution in [2.45, 2.75) is 26.8 Å². The fraction of sp³-hybridized carbons (Fsp3) is 0.261. The van der Waals surface area contributed by atoms with Gasteiger partial charge in [0.05, 0.1) is 0 Å². The Morgan fingerprint density at radius 3 is 2.71 bits per heavy atom. The van der Waals surface area contributed by atoms with Crippen LogP contribution in [0.4, 0.5) is 11.6 Å². The Kier molecular flexibility index (Phi) is 5.06. The molecule has 0 spiro atoms. The number of hydrogen-bond acceptors (Lipinski definition) is 4. The van der Waals surface area contributed by atoms with Crippen molar-refractivity contribution in [1.82, 2.24) is 14.9 Å². The molecule has 0 fully saturated rings. The minimum atomic E-state index is -0.0431. The first-order valence-electron chi connectivity index (χ1n) is 9.69. The number of rotatable bonds is 4. The maximum atomic E-state index is 13.1. The Morgan fingerprint density at radius 2 is 1.93 bits per heavy atom. The summed E-state index contributed by atoms with van der Waals surface area (Å²) in [7, 11) is 0. The molecular weight excluding hydrogens is 348 g/mol. The molecule has 28 heavy (non-hydrogen) atoms. The molecule has 1 aliphatic rings. The highest BCUT2D eigenvalue weighted by Gasteiger charge is 2.23. The first kappa shape index (κ1) is 18.2. The molecule has 0 bridgehead atoms. The number of benzene rings is 2. The van der Waals surface area contributed by atoms with Crippen molar-refractivity contribution in [3.8, 4) is 0 Å². The van der Waals surface area contributed by atoms with Crippen molar-refractivity contribution < 1.29 is 4.79 Å². The van der Waals surface area contributed by atoms with E-state index in [4.69, 9.17) is 0 Å². The third kappa shape index (κ3) is 3.60. The van der Waals surface area contributed by atoms with Gasteiger partial charge in [-0.05, 0) is 55.2 Å². The molecule has 0 unspecified atom stereocenters. The number of aryl methyl sites for hydroxylation is 1. The molecule has 2 aromatic carbocycles. The molecule has 1 aliphatic heterocycles. The zero-order chi connectivity index (χ0) is 19.5. The van der Waals surface area contributed by atoms with Gasteiger partial charge in [-0.25, -0.2) is 9.97 Å². The van der Waals surface area contributed by atoms with Crippen molar-refractivity contribution in [2.24, 2.45) is 0 Å². The van der Waals surface area contributed by atoms with E-state index >= 15 is 0 Å². The van der Waals surface area contributed by atoms with E-state index in [0.29, 0.717) is 24.7 Å². The summed E-state index contributed by atoms with van der Waals surface area (Å²) in [5.41, 5.74) is 5.18. The van der Waals surface area contributed by atoms with Crippen LogP contribution in [0.5, 0.6) is 0 Å². The number of nitrogens with zero attached hydrogens (tertiary/aromatic N) is 4. The van der Waals surface area contributed by atoms with E-state index in [1.165, 1.54) is 16.7 Å². The van der Waals surface area contributed by atoms with Crippen LogP contribution < -0.4 is 4.90 Å². The fourth-order valence-corrected chi connectivity index (χ4v) is 3.66. The molecule has 0 radical (unpaired) electrons. The zero-order valence-electron chi connectivity index (χ0n) is 16.3. The van der Waals surface area contributed by atoms with Gasteiger partial charge in [-0.3, -0.25) is 4.79 Å². The van der Waals surface area contributed by atoms with E-state index in [-0.39, 0.29) is 5.91 Å². The Bertz CT molecular complexity index is 1000. The monoisotopic (exact) mass is 372 g/mol.